The molecule has 3 N–H and O–H groups in total. The van der Waals surface area contributed by atoms with E-state index in [0.717, 1.165) is 17.8 Å². The summed E-state index contributed by atoms with van der Waals surface area (Å²) in [5.41, 5.74) is 4.92. The average Bonchev–Trinajstić information content (AvgIpc) is 2.13. The number of hydrogen-bond acceptors (Lipinski definition) is 5. The van der Waals surface area contributed by atoms with Crippen molar-refractivity contribution >= 4 is 17.6 Å². The number of nitrogens with two attached hydrogens (primary N) is 1. The molecule has 0 spiro atoms. The second-order valence-corrected chi connectivity index (χ2v) is 4.08. The van der Waals surface area contributed by atoms with Crippen LogP contribution in [0.15, 0.2) is 16.0 Å². The summed E-state index contributed by atoms with van der Waals surface area (Å²) in [5, 5.41) is 0.255. The van der Waals surface area contributed by atoms with Crippen LogP contribution in [0.1, 0.15) is 0 Å². The summed E-state index contributed by atoms with van der Waals surface area (Å²) in [4.78, 5) is 17.1. The summed E-state index contributed by atoms with van der Waals surface area (Å²) < 4.78 is 39.5. The number of H-pyrrole nitrogens is 1. The molecule has 0 radical (unpaired) electrons. The third-order valence-corrected chi connectivity index (χ3v) is 2.31. The van der Waals surface area contributed by atoms with E-state index in [1.165, 1.54) is 0 Å². The van der Waals surface area contributed by atoms with Gasteiger partial charge in [-0.1, -0.05) is 11.8 Å². The number of aromatic amines is 1. The van der Waals surface area contributed by atoms with Gasteiger partial charge in [-0.05, 0) is 0 Å². The fraction of sp³-hybridized carbons (Fsp3) is 0.500. The molecule has 1 heterocycles. The first-order chi connectivity index (χ1) is 7.87. The highest BCUT2D eigenvalue weighted by Gasteiger charge is 2.27. The topological polar surface area (TPSA) is 81.0 Å². The summed E-state index contributed by atoms with van der Waals surface area (Å²) in [5.74, 6) is 0.301. The lowest BCUT2D eigenvalue weighted by atomic mass is 10.6. The van der Waals surface area contributed by atoms with Gasteiger partial charge in [0.2, 0.25) is 0 Å². The molecule has 0 fully saturated rings. The maximum Gasteiger partial charge on any atom is 0.411 e. The Morgan fingerprint density at radius 2 is 2.24 bits per heavy atom. The van der Waals surface area contributed by atoms with Crippen molar-refractivity contribution in [1.82, 2.24) is 9.97 Å². The predicted octanol–water partition coefficient (Wildman–Crippen LogP) is 1.02. The Kier molecular flexibility index (Phi) is 4.82. The first-order valence-electron chi connectivity index (χ1n) is 4.51. The average molecular weight is 269 g/mol. The number of nitrogens with zero attached hydrogens (tertiary/aromatic N) is 1. The van der Waals surface area contributed by atoms with E-state index < -0.39 is 18.3 Å². The molecule has 0 bridgehead atoms. The van der Waals surface area contributed by atoms with Crippen molar-refractivity contribution < 1.29 is 17.9 Å². The number of nitrogens with one attached hydrogen (secondary N) is 1. The number of ether oxygens (including phenoxy) is 1. The number of aromatic nitrogens is 2. The predicted molar refractivity (Wildman–Crippen MR) is 56.9 cm³/mol. The fourth-order valence-electron chi connectivity index (χ4n) is 0.907. The first kappa shape index (κ1) is 13.8. The SMILES string of the molecule is Nc1cc(=O)[nH]c(SCCOCC(F)(F)F)n1. The molecule has 0 amide bonds. The Labute approximate surface area is 98.6 Å². The second kappa shape index (κ2) is 5.92. The molecule has 0 unspecified atom stereocenters. The van der Waals surface area contributed by atoms with Crippen LogP contribution in [-0.2, 0) is 4.74 Å². The highest BCUT2D eigenvalue weighted by molar-refractivity contribution is 7.99. The summed E-state index contributed by atoms with van der Waals surface area (Å²) in [7, 11) is 0. The van der Waals surface area contributed by atoms with E-state index in [0.29, 0.717) is 0 Å². The minimum Gasteiger partial charge on any atom is -0.383 e. The molecule has 9 heteroatoms. The maximum atomic E-state index is 11.7. The van der Waals surface area contributed by atoms with Gasteiger partial charge in [0.15, 0.2) is 5.16 Å². The highest BCUT2D eigenvalue weighted by atomic mass is 32.2. The van der Waals surface area contributed by atoms with Gasteiger partial charge in [-0.3, -0.25) is 4.79 Å². The van der Waals surface area contributed by atoms with Gasteiger partial charge >= 0.3 is 6.18 Å². The molecule has 0 aliphatic heterocycles. The molecule has 0 aromatic carbocycles. The Balaban J connectivity index is 2.29. The van der Waals surface area contributed by atoms with E-state index in [9.17, 15) is 18.0 Å². The first-order valence-corrected chi connectivity index (χ1v) is 5.49. The van der Waals surface area contributed by atoms with Gasteiger partial charge in [0.25, 0.3) is 5.56 Å². The van der Waals surface area contributed by atoms with Crippen LogP contribution < -0.4 is 11.3 Å². The van der Waals surface area contributed by atoms with Crippen LogP contribution in [-0.4, -0.2) is 35.1 Å². The quantitative estimate of drug-likeness (QED) is 0.474. The number of nitrogen functional groups attached to an aromatic ring is 1. The van der Waals surface area contributed by atoms with Gasteiger partial charge in [0.1, 0.15) is 12.4 Å². The van der Waals surface area contributed by atoms with Crippen molar-refractivity contribution in [3.05, 3.63) is 16.4 Å². The zero-order chi connectivity index (χ0) is 12.9. The monoisotopic (exact) mass is 269 g/mol. The number of rotatable bonds is 5. The van der Waals surface area contributed by atoms with Gasteiger partial charge < -0.3 is 15.5 Å². The minimum absolute atomic E-state index is 0.0625. The molecule has 0 aliphatic carbocycles. The zero-order valence-corrected chi connectivity index (χ0v) is 9.40. The largest absolute Gasteiger partial charge is 0.411 e. The lowest BCUT2D eigenvalue weighted by Gasteiger charge is -2.06. The lowest BCUT2D eigenvalue weighted by molar-refractivity contribution is -0.172. The molecular formula is C8H10F3N3O2S. The third-order valence-electron chi connectivity index (χ3n) is 1.47. The van der Waals surface area contributed by atoms with Gasteiger partial charge in [0.05, 0.1) is 6.61 Å². The molecule has 0 aliphatic rings. The van der Waals surface area contributed by atoms with Crippen molar-refractivity contribution in [2.75, 3.05) is 24.7 Å². The van der Waals surface area contributed by atoms with Crippen LogP contribution in [0.2, 0.25) is 0 Å². The van der Waals surface area contributed by atoms with Crippen LogP contribution in [0.25, 0.3) is 0 Å². The molecule has 5 nitrogen and oxygen atoms in total. The summed E-state index contributed by atoms with van der Waals surface area (Å²) in [6.07, 6.45) is -4.32. The van der Waals surface area contributed by atoms with Crippen LogP contribution in [0, 0.1) is 0 Å². The molecular weight excluding hydrogens is 259 g/mol. The normalized spacial score (nSPS) is 11.7. The number of hydrogen-bond donors (Lipinski definition) is 2. The van der Waals surface area contributed by atoms with E-state index >= 15 is 0 Å². The molecule has 0 saturated carbocycles. The summed E-state index contributed by atoms with van der Waals surface area (Å²) >= 11 is 1.06. The van der Waals surface area contributed by atoms with Crippen molar-refractivity contribution in [1.29, 1.82) is 0 Å². The van der Waals surface area contributed by atoms with Crippen LogP contribution in [0.3, 0.4) is 0 Å². The Morgan fingerprint density at radius 1 is 1.53 bits per heavy atom. The van der Waals surface area contributed by atoms with Crippen molar-refractivity contribution in [3.8, 4) is 0 Å². The maximum absolute atomic E-state index is 11.7. The van der Waals surface area contributed by atoms with E-state index in [1.807, 2.05) is 0 Å². The van der Waals surface area contributed by atoms with Crippen LogP contribution >= 0.6 is 11.8 Å². The zero-order valence-electron chi connectivity index (χ0n) is 8.58. The van der Waals surface area contributed by atoms with Crippen LogP contribution in [0.4, 0.5) is 19.0 Å². The van der Waals surface area contributed by atoms with E-state index in [1.54, 1.807) is 0 Å². The number of halogens is 3. The van der Waals surface area contributed by atoms with E-state index in [2.05, 4.69) is 14.7 Å². The van der Waals surface area contributed by atoms with Gasteiger partial charge in [-0.25, -0.2) is 4.98 Å². The van der Waals surface area contributed by atoms with Crippen molar-refractivity contribution in [2.45, 2.75) is 11.3 Å². The molecule has 0 atom stereocenters. The molecule has 1 rings (SSSR count). The van der Waals surface area contributed by atoms with E-state index in [-0.39, 0.29) is 23.3 Å². The fourth-order valence-corrected chi connectivity index (χ4v) is 1.64. The van der Waals surface area contributed by atoms with Gasteiger partial charge in [0, 0.05) is 11.8 Å². The van der Waals surface area contributed by atoms with Crippen molar-refractivity contribution in [2.24, 2.45) is 0 Å². The summed E-state index contributed by atoms with van der Waals surface area (Å²) in [6, 6.07) is 1.12. The van der Waals surface area contributed by atoms with E-state index in [4.69, 9.17) is 5.73 Å². The molecule has 0 saturated heterocycles. The third kappa shape index (κ3) is 6.17. The number of anilines is 1. The van der Waals surface area contributed by atoms with Gasteiger partial charge in [-0.2, -0.15) is 13.2 Å². The molecule has 1 aromatic heterocycles. The van der Waals surface area contributed by atoms with Crippen LogP contribution in [0.5, 0.6) is 0 Å². The highest BCUT2D eigenvalue weighted by Crippen LogP contribution is 2.15. The minimum atomic E-state index is -4.32. The Bertz CT molecular complexity index is 421. The second-order valence-electron chi connectivity index (χ2n) is 2.99. The smallest absolute Gasteiger partial charge is 0.383 e. The molecule has 96 valence electrons. The molecule has 17 heavy (non-hydrogen) atoms. The Morgan fingerprint density at radius 3 is 2.82 bits per heavy atom. The standard InChI is InChI=1S/C8H10F3N3O2S/c9-8(10,11)4-16-1-2-17-7-13-5(12)3-6(15)14-7/h3H,1-2,4H2,(H3,12,13,14,15). The Hall–Kier alpha value is -1.22. The lowest BCUT2D eigenvalue weighted by Crippen LogP contribution is -2.18. The van der Waals surface area contributed by atoms with Crippen molar-refractivity contribution in [3.63, 3.8) is 0 Å². The number of alkyl halides is 3. The van der Waals surface area contributed by atoms with Gasteiger partial charge in [-0.15, -0.1) is 0 Å². The summed E-state index contributed by atoms with van der Waals surface area (Å²) in [6.45, 7) is -1.38. The molecule has 1 aromatic rings. The number of thioether (sulfide) groups is 1.